The van der Waals surface area contributed by atoms with Gasteiger partial charge in [-0.3, -0.25) is 14.5 Å². The zero-order valence-electron chi connectivity index (χ0n) is 28.3. The number of nitrogens with zero attached hydrogens (tertiary/aromatic N) is 4. The fourth-order valence-corrected chi connectivity index (χ4v) is 7.55. The van der Waals surface area contributed by atoms with Gasteiger partial charge < -0.3 is 24.2 Å². The first-order chi connectivity index (χ1) is 22.6. The number of hydrogen-bond donors (Lipinski definition) is 0. The molecule has 2 amide bonds. The molecule has 0 spiro atoms. The third kappa shape index (κ3) is 7.39. The summed E-state index contributed by atoms with van der Waals surface area (Å²) in [6.45, 7) is 7.74. The van der Waals surface area contributed by atoms with E-state index in [0.29, 0.717) is 41.6 Å². The number of ether oxygens (including phenoxy) is 2. The summed E-state index contributed by atoms with van der Waals surface area (Å²) >= 11 is 6.49. The Hall–Kier alpha value is -3.75. The van der Waals surface area contributed by atoms with Crippen molar-refractivity contribution in [1.82, 2.24) is 9.80 Å². The van der Waals surface area contributed by atoms with Gasteiger partial charge in [0.15, 0.2) is 11.5 Å². The van der Waals surface area contributed by atoms with E-state index in [4.69, 9.17) is 21.1 Å². The monoisotopic (exact) mass is 658 g/mol. The maximum Gasteiger partial charge on any atom is 0.236 e. The predicted molar refractivity (Wildman–Crippen MR) is 189 cm³/mol. The molecule has 250 valence electrons. The van der Waals surface area contributed by atoms with Crippen molar-refractivity contribution in [2.45, 2.75) is 64.6 Å². The van der Waals surface area contributed by atoms with Gasteiger partial charge in [-0.25, -0.2) is 0 Å². The predicted octanol–water partition coefficient (Wildman–Crippen LogP) is 6.66. The molecule has 0 bridgehead atoms. The van der Waals surface area contributed by atoms with Crippen molar-refractivity contribution in [2.75, 3.05) is 57.2 Å². The van der Waals surface area contributed by atoms with Gasteiger partial charge in [-0.1, -0.05) is 23.7 Å². The van der Waals surface area contributed by atoms with Crippen molar-refractivity contribution in [1.29, 1.82) is 0 Å². The molecule has 0 radical (unpaired) electrons. The summed E-state index contributed by atoms with van der Waals surface area (Å²) in [5, 5.41) is 0.656. The topological polar surface area (TPSA) is 65.6 Å². The first kappa shape index (κ1) is 33.2. The Morgan fingerprint density at radius 2 is 1.68 bits per heavy atom. The summed E-state index contributed by atoms with van der Waals surface area (Å²) in [4.78, 5) is 34.5. The molecule has 3 aliphatic rings. The van der Waals surface area contributed by atoms with E-state index < -0.39 is 0 Å². The first-order valence-corrected chi connectivity index (χ1v) is 17.2. The summed E-state index contributed by atoms with van der Waals surface area (Å²) in [6.07, 6.45) is 4.87. The van der Waals surface area contributed by atoms with Crippen LogP contribution in [0.4, 0.5) is 11.4 Å². The van der Waals surface area contributed by atoms with E-state index in [1.165, 1.54) is 0 Å². The molecular weight excluding hydrogens is 612 g/mol. The molecule has 9 heteroatoms. The van der Waals surface area contributed by atoms with Gasteiger partial charge in [-0.15, -0.1) is 0 Å². The Morgan fingerprint density at radius 3 is 2.38 bits per heavy atom. The third-order valence-electron chi connectivity index (χ3n) is 10.0. The second-order valence-corrected chi connectivity index (χ2v) is 14.1. The molecule has 47 heavy (non-hydrogen) atoms. The van der Waals surface area contributed by atoms with Crippen molar-refractivity contribution < 1.29 is 19.1 Å². The van der Waals surface area contributed by atoms with Crippen LogP contribution in [0.5, 0.6) is 11.5 Å². The van der Waals surface area contributed by atoms with E-state index >= 15 is 0 Å². The molecule has 1 aliphatic carbocycles. The molecule has 3 aromatic rings. The number of carbonyl (C=O) groups is 2. The molecule has 2 aliphatic heterocycles. The van der Waals surface area contributed by atoms with Gasteiger partial charge in [0.1, 0.15) is 0 Å². The van der Waals surface area contributed by atoms with Crippen LogP contribution in [0.25, 0.3) is 11.1 Å². The van der Waals surface area contributed by atoms with Crippen LogP contribution in [0.3, 0.4) is 0 Å². The minimum absolute atomic E-state index is 0.0000862. The van der Waals surface area contributed by atoms with Gasteiger partial charge in [0, 0.05) is 56.0 Å². The van der Waals surface area contributed by atoms with Crippen molar-refractivity contribution in [3.05, 3.63) is 70.7 Å². The van der Waals surface area contributed by atoms with Crippen LogP contribution >= 0.6 is 11.6 Å². The molecule has 2 fully saturated rings. The average molecular weight is 659 g/mol. The van der Waals surface area contributed by atoms with E-state index in [-0.39, 0.29) is 24.3 Å². The van der Waals surface area contributed by atoms with Crippen LogP contribution in [0.15, 0.2) is 54.6 Å². The molecule has 1 saturated heterocycles. The van der Waals surface area contributed by atoms with E-state index in [1.807, 2.05) is 61.0 Å². The highest BCUT2D eigenvalue weighted by Gasteiger charge is 2.32. The summed E-state index contributed by atoms with van der Waals surface area (Å²) in [7, 11) is 5.69. The summed E-state index contributed by atoms with van der Waals surface area (Å²) in [6, 6.07) is 18.7. The van der Waals surface area contributed by atoms with E-state index in [0.717, 1.165) is 78.9 Å². The summed E-state index contributed by atoms with van der Waals surface area (Å²) < 4.78 is 11.7. The maximum absolute atomic E-state index is 13.7. The second-order valence-electron chi connectivity index (χ2n) is 13.6. The zero-order chi connectivity index (χ0) is 33.2. The van der Waals surface area contributed by atoms with Crippen molar-refractivity contribution >= 4 is 34.8 Å². The van der Waals surface area contributed by atoms with Crippen molar-refractivity contribution in [2.24, 2.45) is 5.92 Å². The molecule has 0 atom stereocenters. The molecule has 1 saturated carbocycles. The van der Waals surface area contributed by atoms with Crippen LogP contribution in [-0.4, -0.2) is 81.1 Å². The number of rotatable bonds is 9. The molecule has 8 nitrogen and oxygen atoms in total. The standard InChI is InChI=1S/C38H47ClN4O4/c1-25(2)47-36-19-29-23-43(37(44)20-28(29)18-35(36)46-5)34-14-13-32(21-33(34)27-7-6-8-30(39)17-27)41(4)22-26-9-11-31(12-10-26)42-16-15-40(3)38(45)24-42/h6-8,13-14,17-19,21,25-26,31H,9-12,15-16,20,22-24H2,1-5H3. The number of hydrogen-bond acceptors (Lipinski definition) is 6. The van der Waals surface area contributed by atoms with Crippen LogP contribution in [0.1, 0.15) is 50.7 Å². The number of likely N-dealkylation sites (N-methyl/N-ethyl adjacent to an activating group) is 1. The maximum atomic E-state index is 13.7. The number of anilines is 2. The number of methoxy groups -OCH3 is 1. The normalized spacial score (nSPS) is 20.4. The van der Waals surface area contributed by atoms with Crippen molar-refractivity contribution in [3.8, 4) is 22.6 Å². The molecule has 0 unspecified atom stereocenters. The van der Waals surface area contributed by atoms with E-state index in [9.17, 15) is 9.59 Å². The van der Waals surface area contributed by atoms with E-state index in [1.54, 1.807) is 7.11 Å². The van der Waals surface area contributed by atoms with E-state index in [2.05, 4.69) is 41.1 Å². The lowest BCUT2D eigenvalue weighted by Crippen LogP contribution is -2.53. The fourth-order valence-electron chi connectivity index (χ4n) is 7.36. The smallest absolute Gasteiger partial charge is 0.236 e. The van der Waals surface area contributed by atoms with Gasteiger partial charge in [0.2, 0.25) is 11.8 Å². The Bertz CT molecular complexity index is 1620. The van der Waals surface area contributed by atoms with Gasteiger partial charge in [-0.2, -0.15) is 0 Å². The Morgan fingerprint density at radius 1 is 0.915 bits per heavy atom. The molecule has 0 N–H and O–H groups in total. The lowest BCUT2D eigenvalue weighted by molar-refractivity contribution is -0.135. The Balaban J connectivity index is 1.22. The lowest BCUT2D eigenvalue weighted by Gasteiger charge is -2.41. The highest BCUT2D eigenvalue weighted by atomic mass is 35.5. The molecule has 0 aromatic heterocycles. The number of benzene rings is 3. The third-order valence-corrected chi connectivity index (χ3v) is 10.3. The first-order valence-electron chi connectivity index (χ1n) is 16.9. The van der Waals surface area contributed by atoms with Crippen LogP contribution in [0.2, 0.25) is 5.02 Å². The number of piperazine rings is 1. The number of carbonyl (C=O) groups excluding carboxylic acids is 2. The molecular formula is C38H47ClN4O4. The Labute approximate surface area is 284 Å². The molecule has 2 heterocycles. The van der Waals surface area contributed by atoms with Gasteiger partial charge in [-0.05, 0) is 105 Å². The highest BCUT2D eigenvalue weighted by molar-refractivity contribution is 6.30. The quantitative estimate of drug-likeness (QED) is 0.256. The minimum Gasteiger partial charge on any atom is -0.493 e. The van der Waals surface area contributed by atoms with Crippen LogP contribution in [0, 0.1) is 5.92 Å². The van der Waals surface area contributed by atoms with Gasteiger partial charge in [0.05, 0.1) is 38.4 Å². The molecule has 6 rings (SSSR count). The summed E-state index contributed by atoms with van der Waals surface area (Å²) in [5.41, 5.74) is 5.94. The number of halogens is 1. The highest BCUT2D eigenvalue weighted by Crippen LogP contribution is 2.41. The second kappa shape index (κ2) is 14.2. The van der Waals surface area contributed by atoms with Crippen LogP contribution < -0.4 is 19.3 Å². The van der Waals surface area contributed by atoms with Gasteiger partial charge in [0.25, 0.3) is 0 Å². The number of fused-ring (bicyclic) bond motifs is 1. The van der Waals surface area contributed by atoms with Crippen molar-refractivity contribution in [3.63, 3.8) is 0 Å². The average Bonchev–Trinajstić information content (AvgIpc) is 3.05. The van der Waals surface area contributed by atoms with Gasteiger partial charge >= 0.3 is 0 Å². The minimum atomic E-state index is -0.0000862. The number of amides is 2. The zero-order valence-corrected chi connectivity index (χ0v) is 29.1. The lowest BCUT2D eigenvalue weighted by atomic mass is 9.84. The largest absolute Gasteiger partial charge is 0.493 e. The Kier molecular flexibility index (Phi) is 9.99. The fraction of sp³-hybridized carbons (Fsp3) is 0.474. The summed E-state index contributed by atoms with van der Waals surface area (Å²) in [5.74, 6) is 2.20. The molecule has 3 aromatic carbocycles. The van der Waals surface area contributed by atoms with Crippen LogP contribution in [-0.2, 0) is 22.6 Å². The SMILES string of the molecule is COc1cc2c(cc1OC(C)C)CN(c1ccc(N(C)CC3CCC(N4CCN(C)C(=O)C4)CC3)cc1-c1cccc(Cl)c1)C(=O)C2.